The third-order valence-corrected chi connectivity index (χ3v) is 4.41. The number of esters is 1. The summed E-state index contributed by atoms with van der Waals surface area (Å²) in [5.74, 6) is -0.688. The molecule has 1 aliphatic heterocycles. The first-order valence-electron chi connectivity index (χ1n) is 8.47. The van der Waals surface area contributed by atoms with E-state index in [4.69, 9.17) is 4.74 Å². The largest absolute Gasteiger partial charge is 0.467 e. The van der Waals surface area contributed by atoms with Gasteiger partial charge < -0.3 is 15.4 Å². The number of anilines is 1. The van der Waals surface area contributed by atoms with Crippen molar-refractivity contribution >= 4 is 17.6 Å². The quantitative estimate of drug-likeness (QED) is 0.822. The maximum Gasteiger partial charge on any atom is 0.328 e. The first-order chi connectivity index (χ1) is 12.2. The van der Waals surface area contributed by atoms with Crippen LogP contribution >= 0.6 is 0 Å². The number of carbonyl (C=O) groups excluding carboxylic acids is 2. The summed E-state index contributed by atoms with van der Waals surface area (Å²) in [5.41, 5.74) is 3.59. The molecule has 0 saturated heterocycles. The maximum atomic E-state index is 12.8. The zero-order chi connectivity index (χ0) is 17.6. The summed E-state index contributed by atoms with van der Waals surface area (Å²) in [5, 5.41) is 6.15. The summed E-state index contributed by atoms with van der Waals surface area (Å²) in [4.78, 5) is 24.9. The second kappa shape index (κ2) is 7.83. The number of hydrogen-bond acceptors (Lipinski definition) is 4. The lowest BCUT2D eigenvalue weighted by atomic mass is 9.96. The van der Waals surface area contributed by atoms with Gasteiger partial charge in [0.15, 0.2) is 0 Å². The number of nitrogens with one attached hydrogen (secondary N) is 2. The zero-order valence-electron chi connectivity index (χ0n) is 14.2. The summed E-state index contributed by atoms with van der Waals surface area (Å²) in [6, 6.07) is 14.5. The second-order valence-electron chi connectivity index (χ2n) is 6.10. The molecule has 25 heavy (non-hydrogen) atoms. The third kappa shape index (κ3) is 3.99. The van der Waals surface area contributed by atoms with Gasteiger partial charge in [0.2, 0.25) is 0 Å². The van der Waals surface area contributed by atoms with Crippen LogP contribution in [0.4, 0.5) is 5.69 Å². The van der Waals surface area contributed by atoms with Crippen LogP contribution in [0.15, 0.2) is 48.5 Å². The van der Waals surface area contributed by atoms with Gasteiger partial charge in [-0.1, -0.05) is 36.4 Å². The monoisotopic (exact) mass is 338 g/mol. The van der Waals surface area contributed by atoms with Crippen LogP contribution in [0.3, 0.4) is 0 Å². The first kappa shape index (κ1) is 17.0. The minimum atomic E-state index is -0.715. The highest BCUT2D eigenvalue weighted by Crippen LogP contribution is 2.25. The van der Waals surface area contributed by atoms with Crippen molar-refractivity contribution in [2.45, 2.75) is 25.3 Å². The average molecular weight is 338 g/mol. The average Bonchev–Trinajstić information content (AvgIpc) is 2.67. The number of ether oxygens (including phenoxy) is 1. The summed E-state index contributed by atoms with van der Waals surface area (Å²) in [7, 11) is 1.33. The van der Waals surface area contributed by atoms with Gasteiger partial charge in [0, 0.05) is 24.2 Å². The van der Waals surface area contributed by atoms with Crippen LogP contribution in [-0.2, 0) is 22.4 Å². The van der Waals surface area contributed by atoms with Gasteiger partial charge in [-0.25, -0.2) is 4.79 Å². The summed E-state index contributed by atoms with van der Waals surface area (Å²) < 4.78 is 4.87. The molecule has 2 aromatic carbocycles. The van der Waals surface area contributed by atoms with Crippen molar-refractivity contribution in [2.75, 3.05) is 19.0 Å². The van der Waals surface area contributed by atoms with Crippen LogP contribution in [0.1, 0.15) is 27.9 Å². The molecule has 130 valence electrons. The number of hydrogen-bond donors (Lipinski definition) is 2. The van der Waals surface area contributed by atoms with Crippen molar-refractivity contribution < 1.29 is 14.3 Å². The van der Waals surface area contributed by atoms with Gasteiger partial charge in [0.05, 0.1) is 7.11 Å². The van der Waals surface area contributed by atoms with E-state index < -0.39 is 12.0 Å². The van der Waals surface area contributed by atoms with Crippen molar-refractivity contribution in [3.63, 3.8) is 0 Å². The highest BCUT2D eigenvalue weighted by atomic mass is 16.5. The van der Waals surface area contributed by atoms with E-state index >= 15 is 0 Å². The Bertz CT molecular complexity index is 759. The van der Waals surface area contributed by atoms with Crippen LogP contribution in [0.2, 0.25) is 0 Å². The van der Waals surface area contributed by atoms with Crippen molar-refractivity contribution in [1.29, 1.82) is 0 Å². The van der Waals surface area contributed by atoms with E-state index in [1.165, 1.54) is 7.11 Å². The van der Waals surface area contributed by atoms with Crippen molar-refractivity contribution in [1.82, 2.24) is 5.32 Å². The molecule has 0 fully saturated rings. The van der Waals surface area contributed by atoms with E-state index in [-0.39, 0.29) is 5.91 Å². The van der Waals surface area contributed by atoms with E-state index in [0.29, 0.717) is 12.0 Å². The lowest BCUT2D eigenvalue weighted by molar-refractivity contribution is -0.142. The highest BCUT2D eigenvalue weighted by Gasteiger charge is 2.25. The van der Waals surface area contributed by atoms with Crippen LogP contribution in [0.25, 0.3) is 0 Å². The molecule has 0 saturated carbocycles. The molecule has 0 radical (unpaired) electrons. The van der Waals surface area contributed by atoms with Crippen LogP contribution in [0.5, 0.6) is 0 Å². The molecule has 3 rings (SSSR count). The van der Waals surface area contributed by atoms with E-state index in [2.05, 4.69) is 10.6 Å². The molecule has 0 aliphatic carbocycles. The summed E-state index contributed by atoms with van der Waals surface area (Å²) in [6.45, 7) is 0.914. The normalized spacial score (nSPS) is 14.0. The molecule has 1 amide bonds. The first-order valence-corrected chi connectivity index (χ1v) is 8.47. The molecule has 2 N–H and O–H groups in total. The SMILES string of the molecule is COC(=O)C(Cc1ccccc1)NC(=O)c1cccc2c1CCCN2. The van der Waals surface area contributed by atoms with Gasteiger partial charge in [-0.2, -0.15) is 0 Å². The predicted molar refractivity (Wildman–Crippen MR) is 96.7 cm³/mol. The van der Waals surface area contributed by atoms with Gasteiger partial charge in [-0.3, -0.25) is 4.79 Å². The van der Waals surface area contributed by atoms with Crippen LogP contribution < -0.4 is 10.6 Å². The fourth-order valence-electron chi connectivity index (χ4n) is 3.14. The van der Waals surface area contributed by atoms with E-state index in [1.807, 2.05) is 42.5 Å². The van der Waals surface area contributed by atoms with Gasteiger partial charge in [0.25, 0.3) is 5.91 Å². The molecule has 0 spiro atoms. The Hall–Kier alpha value is -2.82. The molecule has 1 unspecified atom stereocenters. The topological polar surface area (TPSA) is 67.4 Å². The Kier molecular flexibility index (Phi) is 5.33. The van der Waals surface area contributed by atoms with E-state index in [0.717, 1.165) is 36.2 Å². The molecule has 2 aromatic rings. The molecule has 1 atom stereocenters. The Morgan fingerprint density at radius 3 is 2.72 bits per heavy atom. The molecule has 5 nitrogen and oxygen atoms in total. The Labute approximate surface area is 147 Å². The summed E-state index contributed by atoms with van der Waals surface area (Å²) in [6.07, 6.45) is 2.24. The lowest BCUT2D eigenvalue weighted by Crippen LogP contribution is -2.43. The van der Waals surface area contributed by atoms with E-state index in [1.54, 1.807) is 6.07 Å². The van der Waals surface area contributed by atoms with Gasteiger partial charge in [0.1, 0.15) is 6.04 Å². The number of fused-ring (bicyclic) bond motifs is 1. The fraction of sp³-hybridized carbons (Fsp3) is 0.300. The molecule has 5 heteroatoms. The van der Waals surface area contributed by atoms with Gasteiger partial charge in [-0.15, -0.1) is 0 Å². The van der Waals surface area contributed by atoms with Gasteiger partial charge >= 0.3 is 5.97 Å². The van der Waals surface area contributed by atoms with E-state index in [9.17, 15) is 9.59 Å². The molecule has 0 bridgehead atoms. The number of benzene rings is 2. The number of carbonyl (C=O) groups is 2. The zero-order valence-corrected chi connectivity index (χ0v) is 14.2. The van der Waals surface area contributed by atoms with Gasteiger partial charge in [-0.05, 0) is 36.1 Å². The molecule has 1 heterocycles. The minimum Gasteiger partial charge on any atom is -0.467 e. The Morgan fingerprint density at radius 2 is 1.96 bits per heavy atom. The summed E-state index contributed by atoms with van der Waals surface area (Å²) >= 11 is 0. The highest BCUT2D eigenvalue weighted by molar-refractivity contribution is 5.99. The third-order valence-electron chi connectivity index (χ3n) is 4.41. The van der Waals surface area contributed by atoms with Crippen molar-refractivity contribution in [3.05, 3.63) is 65.2 Å². The minimum absolute atomic E-state index is 0.244. The predicted octanol–water partition coefficient (Wildman–Crippen LogP) is 2.56. The standard InChI is InChI=1S/C20H22N2O3/c1-25-20(24)18(13-14-7-3-2-4-8-14)22-19(23)16-9-5-11-17-15(16)10-6-12-21-17/h2-5,7-9,11,18,21H,6,10,12-13H2,1H3,(H,22,23). The number of amides is 1. The van der Waals surface area contributed by atoms with Crippen LogP contribution in [-0.4, -0.2) is 31.6 Å². The lowest BCUT2D eigenvalue weighted by Gasteiger charge is -2.22. The number of methoxy groups -OCH3 is 1. The smallest absolute Gasteiger partial charge is 0.328 e. The number of rotatable bonds is 5. The van der Waals surface area contributed by atoms with Crippen LogP contribution in [0, 0.1) is 0 Å². The molecule has 0 aromatic heterocycles. The van der Waals surface area contributed by atoms with Crippen molar-refractivity contribution in [3.8, 4) is 0 Å². The molecule has 1 aliphatic rings. The van der Waals surface area contributed by atoms with Crippen molar-refractivity contribution in [2.24, 2.45) is 0 Å². The Balaban J connectivity index is 1.80. The Morgan fingerprint density at radius 1 is 1.16 bits per heavy atom. The fourth-order valence-corrected chi connectivity index (χ4v) is 3.14. The maximum absolute atomic E-state index is 12.8. The molecular weight excluding hydrogens is 316 g/mol. The second-order valence-corrected chi connectivity index (χ2v) is 6.10. The molecular formula is C20H22N2O3.